The molecule has 4 nitrogen and oxygen atoms in total. The van der Waals surface area contributed by atoms with Crippen LogP contribution in [0.2, 0.25) is 5.02 Å². The third kappa shape index (κ3) is 5.56. The van der Waals surface area contributed by atoms with E-state index in [4.69, 9.17) is 16.3 Å². The lowest BCUT2D eigenvalue weighted by Gasteiger charge is -2.10. The number of carbonyl (C=O) groups excluding carboxylic acids is 1. The highest BCUT2D eigenvalue weighted by Gasteiger charge is 2.11. The van der Waals surface area contributed by atoms with Crippen LogP contribution in [-0.2, 0) is 11.2 Å². The number of anilines is 1. The molecular formula is C17H15ClF3NO3. The fourth-order valence-electron chi connectivity index (χ4n) is 2.12. The number of halogens is 4. The van der Waals surface area contributed by atoms with Crippen LogP contribution in [0.4, 0.5) is 18.9 Å². The molecule has 0 aromatic heterocycles. The molecule has 0 saturated carbocycles. The normalized spacial score (nSPS) is 10.6. The standard InChI is InChI=1S/C17H15ClF3NO3/c1-24-15-5-2-10(8-13(15)19)3-7-16(23)22-11-4-6-14(12(18)9-11)25-17(20)21/h2,4-6,8-9,17H,3,7H2,1H3,(H,22,23). The second-order valence-corrected chi connectivity index (χ2v) is 5.45. The van der Waals surface area contributed by atoms with Gasteiger partial charge in [0.05, 0.1) is 12.1 Å². The van der Waals surface area contributed by atoms with Crippen LogP contribution in [0.3, 0.4) is 0 Å². The topological polar surface area (TPSA) is 47.6 Å². The lowest BCUT2D eigenvalue weighted by atomic mass is 10.1. The Hall–Kier alpha value is -2.41. The molecule has 2 aromatic rings. The molecule has 134 valence electrons. The molecule has 0 aliphatic carbocycles. The minimum absolute atomic E-state index is 0.0460. The van der Waals surface area contributed by atoms with Crippen molar-refractivity contribution in [3.05, 3.63) is 52.8 Å². The van der Waals surface area contributed by atoms with Gasteiger partial charge in [0.15, 0.2) is 11.6 Å². The van der Waals surface area contributed by atoms with Gasteiger partial charge in [0, 0.05) is 12.1 Å². The van der Waals surface area contributed by atoms with Crippen LogP contribution in [0.1, 0.15) is 12.0 Å². The molecule has 8 heteroatoms. The first-order chi connectivity index (χ1) is 11.9. The lowest BCUT2D eigenvalue weighted by molar-refractivity contribution is -0.116. The Labute approximate surface area is 147 Å². The molecule has 2 rings (SSSR count). The summed E-state index contributed by atoms with van der Waals surface area (Å²) in [6.07, 6.45) is 0.436. The number of methoxy groups -OCH3 is 1. The largest absolute Gasteiger partial charge is 0.494 e. The Morgan fingerprint density at radius 1 is 1.20 bits per heavy atom. The van der Waals surface area contributed by atoms with Crippen molar-refractivity contribution in [1.82, 2.24) is 0 Å². The SMILES string of the molecule is COc1ccc(CCC(=O)Nc2ccc(OC(F)F)c(Cl)c2)cc1F. The Balaban J connectivity index is 1.92. The maximum absolute atomic E-state index is 13.6. The molecular weight excluding hydrogens is 359 g/mol. The number of rotatable bonds is 7. The summed E-state index contributed by atoms with van der Waals surface area (Å²) >= 11 is 5.81. The first kappa shape index (κ1) is 18.9. The highest BCUT2D eigenvalue weighted by Crippen LogP contribution is 2.29. The molecule has 0 unspecified atom stereocenters. The summed E-state index contributed by atoms with van der Waals surface area (Å²) in [5.74, 6) is -0.867. The van der Waals surface area contributed by atoms with E-state index in [-0.39, 0.29) is 28.8 Å². The van der Waals surface area contributed by atoms with E-state index in [1.54, 1.807) is 6.07 Å². The van der Waals surface area contributed by atoms with Crippen molar-refractivity contribution < 1.29 is 27.4 Å². The number of aryl methyl sites for hydroxylation is 1. The zero-order chi connectivity index (χ0) is 18.4. The molecule has 0 saturated heterocycles. The maximum atomic E-state index is 13.6. The summed E-state index contributed by atoms with van der Waals surface area (Å²) in [4.78, 5) is 11.9. The molecule has 1 N–H and O–H groups in total. The van der Waals surface area contributed by atoms with Crippen LogP contribution in [0, 0.1) is 5.82 Å². The molecule has 25 heavy (non-hydrogen) atoms. The van der Waals surface area contributed by atoms with Gasteiger partial charge in [0.1, 0.15) is 5.75 Å². The van der Waals surface area contributed by atoms with Crippen molar-refractivity contribution in [3.8, 4) is 11.5 Å². The smallest absolute Gasteiger partial charge is 0.387 e. The van der Waals surface area contributed by atoms with Gasteiger partial charge >= 0.3 is 6.61 Å². The Kier molecular flexibility index (Phi) is 6.52. The molecule has 0 aliphatic rings. The Bertz CT molecular complexity index is 756. The first-order valence-electron chi connectivity index (χ1n) is 7.25. The molecule has 2 aromatic carbocycles. The van der Waals surface area contributed by atoms with Gasteiger partial charge in [-0.3, -0.25) is 4.79 Å². The van der Waals surface area contributed by atoms with Crippen LogP contribution in [0.15, 0.2) is 36.4 Å². The van der Waals surface area contributed by atoms with Crippen molar-refractivity contribution >= 4 is 23.2 Å². The van der Waals surface area contributed by atoms with Crippen molar-refractivity contribution in [2.75, 3.05) is 12.4 Å². The lowest BCUT2D eigenvalue weighted by Crippen LogP contribution is -2.12. The van der Waals surface area contributed by atoms with E-state index < -0.39 is 12.4 Å². The van der Waals surface area contributed by atoms with E-state index in [2.05, 4.69) is 10.1 Å². The highest BCUT2D eigenvalue weighted by molar-refractivity contribution is 6.32. The van der Waals surface area contributed by atoms with Crippen LogP contribution >= 0.6 is 11.6 Å². The fraction of sp³-hybridized carbons (Fsp3) is 0.235. The summed E-state index contributed by atoms with van der Waals surface area (Å²) in [7, 11) is 1.37. The summed E-state index contributed by atoms with van der Waals surface area (Å²) in [5.41, 5.74) is 0.990. The predicted molar refractivity (Wildman–Crippen MR) is 88.0 cm³/mol. The van der Waals surface area contributed by atoms with Crippen LogP contribution < -0.4 is 14.8 Å². The number of carbonyl (C=O) groups is 1. The molecule has 0 heterocycles. The number of benzene rings is 2. The van der Waals surface area contributed by atoms with Crippen LogP contribution in [0.5, 0.6) is 11.5 Å². The third-order valence-electron chi connectivity index (χ3n) is 3.29. The van der Waals surface area contributed by atoms with Crippen molar-refractivity contribution in [2.24, 2.45) is 0 Å². The molecule has 0 bridgehead atoms. The summed E-state index contributed by atoms with van der Waals surface area (Å²) in [6.45, 7) is -2.98. The second-order valence-electron chi connectivity index (χ2n) is 5.04. The van der Waals surface area contributed by atoms with Gasteiger partial charge in [-0.2, -0.15) is 8.78 Å². The Morgan fingerprint density at radius 3 is 2.52 bits per heavy atom. The molecule has 0 aliphatic heterocycles. The average molecular weight is 374 g/mol. The van der Waals surface area contributed by atoms with E-state index in [9.17, 15) is 18.0 Å². The Morgan fingerprint density at radius 2 is 1.92 bits per heavy atom. The fourth-order valence-corrected chi connectivity index (χ4v) is 2.34. The van der Waals surface area contributed by atoms with Gasteiger partial charge in [0.25, 0.3) is 0 Å². The molecule has 1 amide bonds. The number of ether oxygens (including phenoxy) is 2. The third-order valence-corrected chi connectivity index (χ3v) is 3.58. The van der Waals surface area contributed by atoms with E-state index in [0.29, 0.717) is 17.7 Å². The van der Waals surface area contributed by atoms with Gasteiger partial charge in [-0.15, -0.1) is 0 Å². The predicted octanol–water partition coefficient (Wildman–Crippen LogP) is 4.66. The van der Waals surface area contributed by atoms with Crippen molar-refractivity contribution in [3.63, 3.8) is 0 Å². The average Bonchev–Trinajstić information content (AvgIpc) is 2.55. The number of hydrogen-bond donors (Lipinski definition) is 1. The van der Waals surface area contributed by atoms with E-state index in [0.717, 1.165) is 0 Å². The molecule has 0 fully saturated rings. The number of alkyl halides is 2. The van der Waals surface area contributed by atoms with Gasteiger partial charge in [-0.25, -0.2) is 4.39 Å². The van der Waals surface area contributed by atoms with Crippen molar-refractivity contribution in [2.45, 2.75) is 19.5 Å². The summed E-state index contributed by atoms with van der Waals surface area (Å²) in [6, 6.07) is 8.41. The van der Waals surface area contributed by atoms with E-state index in [1.807, 2.05) is 0 Å². The van der Waals surface area contributed by atoms with Crippen molar-refractivity contribution in [1.29, 1.82) is 0 Å². The number of amides is 1. The zero-order valence-corrected chi connectivity index (χ0v) is 13.9. The first-order valence-corrected chi connectivity index (χ1v) is 7.63. The highest BCUT2D eigenvalue weighted by atomic mass is 35.5. The molecule has 0 atom stereocenters. The number of nitrogens with one attached hydrogen (secondary N) is 1. The summed E-state index contributed by atoms with van der Waals surface area (Å²) in [5, 5.41) is 2.54. The van der Waals surface area contributed by atoms with Gasteiger partial charge in [-0.1, -0.05) is 17.7 Å². The second kappa shape index (κ2) is 8.62. The monoisotopic (exact) mass is 373 g/mol. The minimum Gasteiger partial charge on any atom is -0.494 e. The quantitative estimate of drug-likeness (QED) is 0.767. The van der Waals surface area contributed by atoms with Crippen LogP contribution in [-0.4, -0.2) is 19.6 Å². The van der Waals surface area contributed by atoms with E-state index >= 15 is 0 Å². The van der Waals surface area contributed by atoms with Gasteiger partial charge in [-0.05, 0) is 42.3 Å². The van der Waals surface area contributed by atoms with E-state index in [1.165, 1.54) is 37.4 Å². The molecule has 0 spiro atoms. The minimum atomic E-state index is -2.98. The number of hydrogen-bond acceptors (Lipinski definition) is 3. The van der Waals surface area contributed by atoms with Crippen LogP contribution in [0.25, 0.3) is 0 Å². The van der Waals surface area contributed by atoms with Gasteiger partial charge in [0.2, 0.25) is 5.91 Å². The summed E-state index contributed by atoms with van der Waals surface area (Å²) < 4.78 is 47.0. The van der Waals surface area contributed by atoms with Gasteiger partial charge < -0.3 is 14.8 Å². The maximum Gasteiger partial charge on any atom is 0.387 e. The molecule has 0 radical (unpaired) electrons. The zero-order valence-electron chi connectivity index (χ0n) is 13.2.